The molecule has 32 heavy (non-hydrogen) atoms. The van der Waals surface area contributed by atoms with Crippen LogP contribution in [0.15, 0.2) is 18.6 Å². The highest BCUT2D eigenvalue weighted by Crippen LogP contribution is 2.32. The van der Waals surface area contributed by atoms with Gasteiger partial charge in [-0.3, -0.25) is 4.79 Å². The fourth-order valence-electron chi connectivity index (χ4n) is 5.05. The molecule has 5 rings (SSSR count). The summed E-state index contributed by atoms with van der Waals surface area (Å²) in [4.78, 5) is 30.2. The second-order valence-corrected chi connectivity index (χ2v) is 8.86. The summed E-state index contributed by atoms with van der Waals surface area (Å²) in [7, 11) is 1.56. The maximum absolute atomic E-state index is 12.8. The highest BCUT2D eigenvalue weighted by molar-refractivity contribution is 5.79. The van der Waals surface area contributed by atoms with E-state index in [4.69, 9.17) is 15.2 Å². The molecule has 2 aromatic rings. The zero-order valence-corrected chi connectivity index (χ0v) is 18.5. The number of likely N-dealkylation sites (tertiary alicyclic amines) is 1. The monoisotopic (exact) mass is 438 g/mol. The maximum atomic E-state index is 12.8. The minimum absolute atomic E-state index is 0.0342. The number of carbonyl (C=O) groups is 1. The molecule has 1 atom stereocenters. The molecular formula is C23H30N6O3. The molecule has 9 heteroatoms. The summed E-state index contributed by atoms with van der Waals surface area (Å²) in [6.07, 6.45) is 9.33. The minimum atomic E-state index is -0.0342. The summed E-state index contributed by atoms with van der Waals surface area (Å²) < 4.78 is 11.5. The molecule has 0 unspecified atom stereocenters. The van der Waals surface area contributed by atoms with E-state index >= 15 is 0 Å². The van der Waals surface area contributed by atoms with Crippen LogP contribution in [0.25, 0.3) is 0 Å². The van der Waals surface area contributed by atoms with Gasteiger partial charge in [-0.2, -0.15) is 0 Å². The molecule has 1 aliphatic carbocycles. The molecule has 2 N–H and O–H groups in total. The molecule has 170 valence electrons. The van der Waals surface area contributed by atoms with Crippen molar-refractivity contribution in [2.24, 2.45) is 5.92 Å². The number of aromatic nitrogens is 3. The lowest BCUT2D eigenvalue weighted by Gasteiger charge is -2.31. The van der Waals surface area contributed by atoms with E-state index in [0.29, 0.717) is 36.4 Å². The van der Waals surface area contributed by atoms with Gasteiger partial charge in [-0.1, -0.05) is 12.8 Å². The van der Waals surface area contributed by atoms with E-state index in [1.807, 2.05) is 11.0 Å². The van der Waals surface area contributed by atoms with Crippen LogP contribution in [0.5, 0.6) is 11.8 Å². The van der Waals surface area contributed by atoms with Gasteiger partial charge in [0.1, 0.15) is 12.4 Å². The van der Waals surface area contributed by atoms with Crippen molar-refractivity contribution in [1.82, 2.24) is 19.9 Å². The van der Waals surface area contributed by atoms with Crippen LogP contribution in [-0.2, 0) is 17.8 Å². The zero-order chi connectivity index (χ0) is 22.1. The number of ether oxygens (including phenoxy) is 2. The van der Waals surface area contributed by atoms with Crippen molar-refractivity contribution in [3.63, 3.8) is 0 Å². The van der Waals surface area contributed by atoms with Gasteiger partial charge in [0, 0.05) is 31.8 Å². The van der Waals surface area contributed by atoms with Gasteiger partial charge in [-0.15, -0.1) is 0 Å². The molecule has 1 saturated heterocycles. The second kappa shape index (κ2) is 8.80. The van der Waals surface area contributed by atoms with Gasteiger partial charge in [0.2, 0.25) is 17.7 Å². The Morgan fingerprint density at radius 2 is 1.97 bits per heavy atom. The van der Waals surface area contributed by atoms with Crippen LogP contribution in [0, 0.1) is 5.92 Å². The lowest BCUT2D eigenvalue weighted by atomic mass is 10.1. The van der Waals surface area contributed by atoms with E-state index in [1.165, 1.54) is 12.8 Å². The Morgan fingerprint density at radius 3 is 2.75 bits per heavy atom. The third-order valence-corrected chi connectivity index (χ3v) is 6.82. The highest BCUT2D eigenvalue weighted by Gasteiger charge is 2.34. The van der Waals surface area contributed by atoms with Gasteiger partial charge in [0.15, 0.2) is 0 Å². The number of hydrogen-bond acceptors (Lipinski definition) is 8. The average molecular weight is 439 g/mol. The van der Waals surface area contributed by atoms with E-state index in [1.54, 1.807) is 19.6 Å². The number of amides is 1. The smallest absolute Gasteiger partial charge is 0.236 e. The van der Waals surface area contributed by atoms with Crippen molar-refractivity contribution < 1.29 is 14.3 Å². The number of nitrogens with two attached hydrogens (primary N) is 1. The number of rotatable bonds is 5. The normalized spacial score (nSPS) is 21.0. The van der Waals surface area contributed by atoms with Gasteiger partial charge in [-0.05, 0) is 18.9 Å². The Kier molecular flexibility index (Phi) is 5.71. The van der Waals surface area contributed by atoms with Crippen molar-refractivity contribution in [2.45, 2.75) is 51.2 Å². The third-order valence-electron chi connectivity index (χ3n) is 6.82. The number of carbonyl (C=O) groups excluding carboxylic acids is 1. The van der Waals surface area contributed by atoms with Crippen LogP contribution in [0.4, 0.5) is 11.4 Å². The molecule has 2 aliphatic heterocycles. The first-order valence-corrected chi connectivity index (χ1v) is 11.4. The third kappa shape index (κ3) is 4.03. The molecule has 9 nitrogen and oxygen atoms in total. The maximum Gasteiger partial charge on any atom is 0.236 e. The summed E-state index contributed by atoms with van der Waals surface area (Å²) in [5.74, 6) is 1.56. The molecule has 2 fully saturated rings. The second-order valence-electron chi connectivity index (χ2n) is 8.86. The van der Waals surface area contributed by atoms with E-state index in [0.717, 1.165) is 55.7 Å². The van der Waals surface area contributed by atoms with Crippen LogP contribution in [0.3, 0.4) is 0 Å². The quantitative estimate of drug-likeness (QED) is 0.757. The predicted molar refractivity (Wildman–Crippen MR) is 120 cm³/mol. The van der Waals surface area contributed by atoms with Gasteiger partial charge in [0.05, 0.1) is 49.0 Å². The highest BCUT2D eigenvalue weighted by atomic mass is 16.5. The fraction of sp³-hybridized carbons (Fsp3) is 0.565. The Labute approximate surface area is 187 Å². The molecule has 0 radical (unpaired) electrons. The number of hydrogen-bond donors (Lipinski definition) is 1. The number of nitrogen functional groups attached to an aromatic ring is 1. The summed E-state index contributed by atoms with van der Waals surface area (Å²) in [5.41, 5.74) is 9.50. The Bertz CT molecular complexity index is 994. The topological polar surface area (TPSA) is 107 Å². The van der Waals surface area contributed by atoms with Gasteiger partial charge in [0.25, 0.3) is 0 Å². The number of anilines is 2. The van der Waals surface area contributed by atoms with E-state index in [2.05, 4.69) is 19.9 Å². The molecule has 0 spiro atoms. The first kappa shape index (κ1) is 20.8. The van der Waals surface area contributed by atoms with Crippen LogP contribution >= 0.6 is 0 Å². The summed E-state index contributed by atoms with van der Waals surface area (Å²) in [6, 6.07) is 1.88. The predicted octanol–water partition coefficient (Wildman–Crippen LogP) is 2.19. The van der Waals surface area contributed by atoms with Crippen molar-refractivity contribution >= 4 is 17.3 Å². The van der Waals surface area contributed by atoms with E-state index in [9.17, 15) is 4.79 Å². The number of fused-ring (bicyclic) bond motifs is 1. The Hall–Kier alpha value is -3.10. The molecule has 3 aliphatic rings. The molecule has 1 saturated carbocycles. The SMILES string of the molecule is COc1ncc(N2CCc3ncnc(O[C@H]4CCN(C(=O)C5CCCC5)C4)c3C2)cc1N. The van der Waals surface area contributed by atoms with Gasteiger partial charge < -0.3 is 25.0 Å². The lowest BCUT2D eigenvalue weighted by molar-refractivity contribution is -0.134. The van der Waals surface area contributed by atoms with E-state index in [-0.39, 0.29) is 12.0 Å². The Balaban J connectivity index is 1.28. The van der Waals surface area contributed by atoms with Crippen LogP contribution in [-0.4, -0.2) is 58.6 Å². The van der Waals surface area contributed by atoms with E-state index < -0.39 is 0 Å². The van der Waals surface area contributed by atoms with Crippen LogP contribution < -0.4 is 20.1 Å². The van der Waals surface area contributed by atoms with Crippen molar-refractivity contribution in [3.05, 3.63) is 29.8 Å². The lowest BCUT2D eigenvalue weighted by Crippen LogP contribution is -2.35. The van der Waals surface area contributed by atoms with Crippen LogP contribution in [0.2, 0.25) is 0 Å². The molecule has 1 amide bonds. The van der Waals surface area contributed by atoms with Crippen molar-refractivity contribution in [3.8, 4) is 11.8 Å². The van der Waals surface area contributed by atoms with Gasteiger partial charge in [-0.25, -0.2) is 15.0 Å². The first-order chi connectivity index (χ1) is 15.6. The average Bonchev–Trinajstić information content (AvgIpc) is 3.51. The Morgan fingerprint density at radius 1 is 1.12 bits per heavy atom. The number of methoxy groups -OCH3 is 1. The van der Waals surface area contributed by atoms with Gasteiger partial charge >= 0.3 is 0 Å². The summed E-state index contributed by atoms with van der Waals surface area (Å²) >= 11 is 0. The molecule has 4 heterocycles. The van der Waals surface area contributed by atoms with Crippen molar-refractivity contribution in [1.29, 1.82) is 0 Å². The number of pyridine rings is 1. The zero-order valence-electron chi connectivity index (χ0n) is 18.5. The number of nitrogens with zero attached hydrogens (tertiary/aromatic N) is 5. The minimum Gasteiger partial charge on any atom is -0.480 e. The molecule has 2 aromatic heterocycles. The summed E-state index contributed by atoms with van der Waals surface area (Å²) in [5, 5.41) is 0. The van der Waals surface area contributed by atoms with Crippen LogP contribution in [0.1, 0.15) is 43.4 Å². The molecular weight excluding hydrogens is 408 g/mol. The largest absolute Gasteiger partial charge is 0.480 e. The molecule has 0 aromatic carbocycles. The first-order valence-electron chi connectivity index (χ1n) is 11.4. The fourth-order valence-corrected chi connectivity index (χ4v) is 5.05. The molecule has 0 bridgehead atoms. The van der Waals surface area contributed by atoms with Crippen molar-refractivity contribution in [2.75, 3.05) is 37.4 Å². The standard InChI is InChI=1S/C23H30N6O3/c1-31-22-19(24)10-16(11-25-22)28-9-7-20-18(13-28)21(27-14-26-20)32-17-6-8-29(12-17)23(30)15-4-2-3-5-15/h10-11,14-15,17H,2-9,12-13,24H2,1H3/t17-/m0/s1. The summed E-state index contributed by atoms with van der Waals surface area (Å²) in [6.45, 7) is 2.83.